The highest BCUT2D eigenvalue weighted by atomic mass is 19.4. The molecule has 3 aliphatic rings. The number of fused-ring (bicyclic) bond motifs is 1. The third-order valence-electron chi connectivity index (χ3n) is 12.0. The Balaban J connectivity index is 0.000000413. The molecule has 0 spiro atoms. The summed E-state index contributed by atoms with van der Waals surface area (Å²) in [6, 6.07) is 9.76. The highest BCUT2D eigenvalue weighted by Gasteiger charge is 2.40. The van der Waals surface area contributed by atoms with Crippen molar-refractivity contribution in [2.45, 2.75) is 197 Å². The maximum absolute atomic E-state index is 12.3. The lowest BCUT2D eigenvalue weighted by atomic mass is 9.69. The zero-order chi connectivity index (χ0) is 47.8. The molecule has 2 aromatic rings. The van der Waals surface area contributed by atoms with Crippen LogP contribution in [-0.2, 0) is 17.3 Å². The number of nitrogen functional groups attached to an aromatic ring is 1. The number of nitrogens with zero attached hydrogens (tertiary/aromatic N) is 2. The summed E-state index contributed by atoms with van der Waals surface area (Å²) in [4.78, 5) is 7.89. The van der Waals surface area contributed by atoms with Crippen molar-refractivity contribution in [3.63, 3.8) is 0 Å². The Kier molecular flexibility index (Phi) is 27.1. The highest BCUT2D eigenvalue weighted by molar-refractivity contribution is 5.71. The Morgan fingerprint density at radius 3 is 1.84 bits per heavy atom. The van der Waals surface area contributed by atoms with Gasteiger partial charge in [0.1, 0.15) is 0 Å². The van der Waals surface area contributed by atoms with Gasteiger partial charge in [-0.1, -0.05) is 151 Å². The van der Waals surface area contributed by atoms with Gasteiger partial charge in [0.05, 0.1) is 40.8 Å². The first-order chi connectivity index (χ1) is 29.6. The number of para-hydroxylation sites is 2. The van der Waals surface area contributed by atoms with Crippen LogP contribution in [0.3, 0.4) is 0 Å². The van der Waals surface area contributed by atoms with Gasteiger partial charge >= 0.3 is 12.4 Å². The molecule has 2 fully saturated rings. The number of piperidine rings is 1. The van der Waals surface area contributed by atoms with E-state index < -0.39 is 29.2 Å². The SMILES string of the molecule is C#CCN1CCC(N2ONc3ccccc32)CC1.CCCC(C)CCC.CCCC1CC(C)CC(C)CC(C)(C)C1.CCCCCC.Cc1cc(C(F)(F)F)c(N)c(C(F)(F)F)c1. The Bertz CT molecular complexity index is 1520. The van der Waals surface area contributed by atoms with E-state index in [1.807, 2.05) is 23.3 Å². The van der Waals surface area contributed by atoms with Gasteiger partial charge in [-0.15, -0.1) is 6.42 Å². The smallest absolute Gasteiger partial charge is 0.398 e. The number of hydrogen-bond acceptors (Lipinski definition) is 5. The fraction of sp³-hybridized carbons (Fsp3) is 0.731. The number of rotatable bonds is 11. The lowest BCUT2D eigenvalue weighted by Crippen LogP contribution is -2.44. The largest absolute Gasteiger partial charge is 0.418 e. The Labute approximate surface area is 380 Å². The van der Waals surface area contributed by atoms with Crippen molar-refractivity contribution in [3.05, 3.63) is 53.1 Å². The van der Waals surface area contributed by atoms with E-state index >= 15 is 0 Å². The molecule has 0 amide bonds. The van der Waals surface area contributed by atoms with Crippen molar-refractivity contribution >= 4 is 17.1 Å². The van der Waals surface area contributed by atoms with Crippen molar-refractivity contribution in [2.24, 2.45) is 29.1 Å². The number of alkyl halides is 6. The Morgan fingerprint density at radius 1 is 0.825 bits per heavy atom. The van der Waals surface area contributed by atoms with Crippen molar-refractivity contribution in [3.8, 4) is 12.3 Å². The van der Waals surface area contributed by atoms with Gasteiger partial charge in [0.15, 0.2) is 0 Å². The molecule has 63 heavy (non-hydrogen) atoms. The summed E-state index contributed by atoms with van der Waals surface area (Å²) in [7, 11) is 0. The molecule has 0 radical (unpaired) electrons. The molecule has 1 saturated carbocycles. The van der Waals surface area contributed by atoms with E-state index in [1.54, 1.807) is 0 Å². The van der Waals surface area contributed by atoms with Gasteiger partial charge < -0.3 is 5.73 Å². The van der Waals surface area contributed by atoms with Crippen molar-refractivity contribution < 1.29 is 31.3 Å². The quantitative estimate of drug-likeness (QED) is 0.102. The molecule has 0 aromatic heterocycles. The predicted octanol–water partition coefficient (Wildman–Crippen LogP) is 16.6. The fourth-order valence-electron chi connectivity index (χ4n) is 9.46. The molecule has 1 aliphatic carbocycles. The molecule has 1 saturated heterocycles. The normalized spacial score (nSPS) is 20.1. The third-order valence-corrected chi connectivity index (χ3v) is 12.0. The van der Waals surface area contributed by atoms with Gasteiger partial charge in [0, 0.05) is 13.1 Å². The number of anilines is 3. The number of nitrogens with one attached hydrogen (secondary N) is 1. The number of hydrogen-bond donors (Lipinski definition) is 2. The maximum Gasteiger partial charge on any atom is 0.418 e. The second kappa shape index (κ2) is 29.4. The summed E-state index contributed by atoms with van der Waals surface area (Å²) in [6.45, 7) is 27.5. The zero-order valence-electron chi connectivity index (χ0n) is 41.0. The fourth-order valence-corrected chi connectivity index (χ4v) is 9.46. The van der Waals surface area contributed by atoms with Crippen LogP contribution in [0.25, 0.3) is 0 Å². The first-order valence-electron chi connectivity index (χ1n) is 24.1. The van der Waals surface area contributed by atoms with Crippen LogP contribution in [0.2, 0.25) is 0 Å². The zero-order valence-corrected chi connectivity index (χ0v) is 41.0. The Hall–Kier alpha value is -3.10. The van der Waals surface area contributed by atoms with E-state index in [9.17, 15) is 26.3 Å². The summed E-state index contributed by atoms with van der Waals surface area (Å²) in [5.41, 5.74) is 6.26. The molecular formula is C52H86F6N4O. The summed E-state index contributed by atoms with van der Waals surface area (Å²) < 4.78 is 74.1. The second-order valence-corrected chi connectivity index (χ2v) is 19.3. The second-order valence-electron chi connectivity index (χ2n) is 19.3. The van der Waals surface area contributed by atoms with Crippen LogP contribution < -0.4 is 16.3 Å². The molecule has 3 unspecified atom stereocenters. The van der Waals surface area contributed by atoms with E-state index in [0.717, 1.165) is 74.4 Å². The van der Waals surface area contributed by atoms with Gasteiger partial charge in [-0.05, 0) is 104 Å². The van der Waals surface area contributed by atoms with E-state index in [1.165, 1.54) is 89.9 Å². The summed E-state index contributed by atoms with van der Waals surface area (Å²) in [5, 5.41) is 2.00. The van der Waals surface area contributed by atoms with E-state index in [4.69, 9.17) is 17.1 Å². The van der Waals surface area contributed by atoms with Crippen LogP contribution in [0.15, 0.2) is 36.4 Å². The molecule has 2 aromatic carbocycles. The predicted molar refractivity (Wildman–Crippen MR) is 255 cm³/mol. The van der Waals surface area contributed by atoms with E-state index in [2.05, 4.69) is 91.6 Å². The summed E-state index contributed by atoms with van der Waals surface area (Å²) in [6.07, 6.45) is 17.4. The highest BCUT2D eigenvalue weighted by Crippen LogP contribution is 2.43. The first-order valence-corrected chi connectivity index (χ1v) is 24.1. The Morgan fingerprint density at radius 2 is 1.37 bits per heavy atom. The standard InChI is InChI=1S/C15H30.C14H17N3O.C9H7F6N.C8H18.C6H14/c1-6-7-14-9-12(2)8-13(3)10-15(4,5)11-14;1-2-9-16-10-7-12(8-11-16)17-14-6-4-3-5-13(14)15-18-17;1-4-2-5(8(10,11)12)7(16)6(3-4)9(13,14)15;1-4-6-8(3)7-5-2;1-3-5-6-4-2/h12-14H,6-11H2,1-5H3;1,3-6,12,15H,7-11H2;2-3H,16H2,1H3;8H,4-7H2,1-3H3;3-6H2,1-2H3. The van der Waals surface area contributed by atoms with Gasteiger partial charge in [-0.25, -0.2) is 10.5 Å². The van der Waals surface area contributed by atoms with Gasteiger partial charge in [0.2, 0.25) is 0 Å². The van der Waals surface area contributed by atoms with Crippen molar-refractivity contribution in [1.82, 2.24) is 4.90 Å². The van der Waals surface area contributed by atoms with Crippen LogP contribution >= 0.6 is 0 Å². The average molecular weight is 897 g/mol. The number of halogens is 6. The minimum Gasteiger partial charge on any atom is -0.398 e. The van der Waals surface area contributed by atoms with Crippen LogP contribution in [0.4, 0.5) is 43.4 Å². The topological polar surface area (TPSA) is 53.8 Å². The molecule has 3 N–H and O–H groups in total. The number of nitrogens with two attached hydrogens (primary N) is 1. The van der Waals surface area contributed by atoms with Crippen LogP contribution in [-0.4, -0.2) is 30.6 Å². The van der Waals surface area contributed by atoms with E-state index in [0.29, 0.717) is 23.6 Å². The number of terminal acetylenes is 1. The van der Waals surface area contributed by atoms with Crippen LogP contribution in [0.5, 0.6) is 0 Å². The molecule has 362 valence electrons. The number of aryl methyl sites for hydroxylation is 1. The van der Waals surface area contributed by atoms with E-state index in [-0.39, 0.29) is 5.56 Å². The molecule has 2 aliphatic heterocycles. The minimum atomic E-state index is -4.89. The molecule has 3 atom stereocenters. The van der Waals surface area contributed by atoms with Gasteiger partial charge in [-0.2, -0.15) is 31.3 Å². The van der Waals surface area contributed by atoms with Gasteiger partial charge in [0.25, 0.3) is 0 Å². The van der Waals surface area contributed by atoms with Gasteiger partial charge in [-0.3, -0.25) is 4.90 Å². The monoisotopic (exact) mass is 897 g/mol. The van der Waals surface area contributed by atoms with Crippen molar-refractivity contribution in [2.75, 3.05) is 35.9 Å². The number of benzene rings is 2. The molecule has 0 bridgehead atoms. The molecule has 11 heteroatoms. The molecule has 5 rings (SSSR count). The summed E-state index contributed by atoms with van der Waals surface area (Å²) >= 11 is 0. The third kappa shape index (κ3) is 22.6. The van der Waals surface area contributed by atoms with Crippen LogP contribution in [0.1, 0.15) is 189 Å². The molecule has 5 nitrogen and oxygen atoms in total. The van der Waals surface area contributed by atoms with Crippen LogP contribution in [0, 0.1) is 48.4 Å². The average Bonchev–Trinajstić information content (AvgIpc) is 3.62. The minimum absolute atomic E-state index is 0.145. The summed E-state index contributed by atoms with van der Waals surface area (Å²) in [5.74, 6) is 6.54. The first kappa shape index (κ1) is 57.9. The molecule has 2 heterocycles. The number of unbranched alkanes of at least 4 members (excludes halogenated alkanes) is 3. The van der Waals surface area contributed by atoms with Crippen molar-refractivity contribution in [1.29, 1.82) is 0 Å². The number of hydroxylamine groups is 1. The molecular weight excluding hydrogens is 811 g/mol. The lowest BCUT2D eigenvalue weighted by molar-refractivity contribution is -0.141. The number of likely N-dealkylation sites (tertiary alicyclic amines) is 1. The maximum atomic E-state index is 12.3. The lowest BCUT2D eigenvalue weighted by Gasteiger charge is -2.37.